The van der Waals surface area contributed by atoms with Gasteiger partial charge in [0.15, 0.2) is 5.96 Å². The molecule has 0 aliphatic carbocycles. The highest BCUT2D eigenvalue weighted by Gasteiger charge is 2.20. The minimum atomic E-state index is 0.471. The normalized spacial score (nSPS) is 21.6. The maximum Gasteiger partial charge on any atom is 0.191 e. The summed E-state index contributed by atoms with van der Waals surface area (Å²) in [5.74, 6) is 1.85. The number of piperidine rings is 1. The van der Waals surface area contributed by atoms with Crippen LogP contribution in [0.15, 0.2) is 4.99 Å². The van der Waals surface area contributed by atoms with E-state index in [1.807, 2.05) is 0 Å². The van der Waals surface area contributed by atoms with Gasteiger partial charge in [0, 0.05) is 18.6 Å². The highest BCUT2D eigenvalue weighted by Crippen LogP contribution is 2.17. The second-order valence-electron chi connectivity index (χ2n) is 6.24. The van der Waals surface area contributed by atoms with Crippen molar-refractivity contribution in [2.75, 3.05) is 26.2 Å². The van der Waals surface area contributed by atoms with Crippen LogP contribution < -0.4 is 10.6 Å². The van der Waals surface area contributed by atoms with Crippen LogP contribution in [0.5, 0.6) is 0 Å². The fourth-order valence-electron chi connectivity index (χ4n) is 2.46. The molecule has 0 aromatic heterocycles. The minimum absolute atomic E-state index is 0.471. The summed E-state index contributed by atoms with van der Waals surface area (Å²) in [7, 11) is 0. The van der Waals surface area contributed by atoms with Gasteiger partial charge in [0.25, 0.3) is 0 Å². The van der Waals surface area contributed by atoms with E-state index < -0.39 is 0 Å². The Bertz CT molecular complexity index is 282. The van der Waals surface area contributed by atoms with Crippen molar-refractivity contribution in [3.8, 4) is 0 Å². The Kier molecular flexibility index (Phi) is 7.97. The lowest BCUT2D eigenvalue weighted by Gasteiger charge is -2.34. The standard InChI is InChI=1S/C16H34N4/c1-6-14(4)19-16(17-7-2)18-12-15(5)20-10-8-13(3)9-11-20/h13-15H,6-12H2,1-5H3,(H2,17,18,19). The van der Waals surface area contributed by atoms with Crippen molar-refractivity contribution in [3.05, 3.63) is 0 Å². The summed E-state index contributed by atoms with van der Waals surface area (Å²) in [5.41, 5.74) is 0. The van der Waals surface area contributed by atoms with E-state index in [2.05, 4.69) is 50.2 Å². The molecule has 4 heteroatoms. The van der Waals surface area contributed by atoms with E-state index in [0.717, 1.165) is 31.4 Å². The average molecular weight is 282 g/mol. The van der Waals surface area contributed by atoms with E-state index in [1.165, 1.54) is 25.9 Å². The van der Waals surface area contributed by atoms with Gasteiger partial charge in [-0.3, -0.25) is 9.89 Å². The number of nitrogens with zero attached hydrogens (tertiary/aromatic N) is 2. The summed E-state index contributed by atoms with van der Waals surface area (Å²) in [5, 5.41) is 6.79. The van der Waals surface area contributed by atoms with Crippen molar-refractivity contribution in [1.29, 1.82) is 0 Å². The van der Waals surface area contributed by atoms with E-state index in [4.69, 9.17) is 4.99 Å². The molecule has 0 aromatic carbocycles. The molecule has 0 spiro atoms. The highest BCUT2D eigenvalue weighted by atomic mass is 15.2. The predicted octanol–water partition coefficient (Wildman–Crippen LogP) is 2.46. The SMILES string of the molecule is CCNC(=NCC(C)N1CCC(C)CC1)NC(C)CC. The monoisotopic (exact) mass is 282 g/mol. The highest BCUT2D eigenvalue weighted by molar-refractivity contribution is 5.80. The van der Waals surface area contributed by atoms with Crippen molar-refractivity contribution in [2.45, 2.75) is 66.0 Å². The van der Waals surface area contributed by atoms with Gasteiger partial charge < -0.3 is 10.6 Å². The maximum absolute atomic E-state index is 4.75. The smallest absolute Gasteiger partial charge is 0.191 e. The number of aliphatic imine (C=N–C) groups is 1. The zero-order valence-corrected chi connectivity index (χ0v) is 14.1. The molecule has 0 saturated carbocycles. The number of nitrogens with one attached hydrogen (secondary N) is 2. The Morgan fingerprint density at radius 3 is 2.45 bits per heavy atom. The van der Waals surface area contributed by atoms with Crippen LogP contribution in [0.4, 0.5) is 0 Å². The van der Waals surface area contributed by atoms with E-state index in [-0.39, 0.29) is 0 Å². The molecule has 118 valence electrons. The lowest BCUT2D eigenvalue weighted by molar-refractivity contribution is 0.150. The Balaban J connectivity index is 2.44. The molecule has 20 heavy (non-hydrogen) atoms. The number of likely N-dealkylation sites (tertiary alicyclic amines) is 1. The van der Waals surface area contributed by atoms with Gasteiger partial charge in [0.1, 0.15) is 0 Å². The van der Waals surface area contributed by atoms with Crippen LogP contribution in [0.2, 0.25) is 0 Å². The van der Waals surface area contributed by atoms with Crippen LogP contribution in [0.1, 0.15) is 53.9 Å². The molecule has 0 amide bonds. The summed E-state index contributed by atoms with van der Waals surface area (Å²) in [4.78, 5) is 7.33. The zero-order chi connectivity index (χ0) is 15.0. The summed E-state index contributed by atoms with van der Waals surface area (Å²) < 4.78 is 0. The molecule has 0 aromatic rings. The van der Waals surface area contributed by atoms with E-state index in [1.54, 1.807) is 0 Å². The first-order valence-electron chi connectivity index (χ1n) is 8.35. The van der Waals surface area contributed by atoms with Gasteiger partial charge in [0.2, 0.25) is 0 Å². The first-order valence-corrected chi connectivity index (χ1v) is 8.35. The molecule has 1 saturated heterocycles. The van der Waals surface area contributed by atoms with Crippen molar-refractivity contribution >= 4 is 5.96 Å². The first-order chi connectivity index (χ1) is 9.56. The van der Waals surface area contributed by atoms with E-state index in [0.29, 0.717) is 12.1 Å². The summed E-state index contributed by atoms with van der Waals surface area (Å²) in [6, 6.07) is 1.01. The third-order valence-electron chi connectivity index (χ3n) is 4.29. The van der Waals surface area contributed by atoms with E-state index >= 15 is 0 Å². The van der Waals surface area contributed by atoms with Gasteiger partial charge in [-0.2, -0.15) is 0 Å². The van der Waals surface area contributed by atoms with Crippen LogP contribution in [-0.2, 0) is 0 Å². The molecular weight excluding hydrogens is 248 g/mol. The molecule has 2 N–H and O–H groups in total. The number of hydrogen-bond donors (Lipinski definition) is 2. The van der Waals surface area contributed by atoms with Crippen LogP contribution in [-0.4, -0.2) is 49.1 Å². The lowest BCUT2D eigenvalue weighted by Crippen LogP contribution is -2.44. The fraction of sp³-hybridized carbons (Fsp3) is 0.938. The fourth-order valence-corrected chi connectivity index (χ4v) is 2.46. The predicted molar refractivity (Wildman–Crippen MR) is 88.3 cm³/mol. The summed E-state index contributed by atoms with van der Waals surface area (Å²) in [6.07, 6.45) is 3.78. The van der Waals surface area contributed by atoms with Gasteiger partial charge in [-0.25, -0.2) is 0 Å². The molecule has 1 aliphatic heterocycles. The molecule has 1 aliphatic rings. The van der Waals surface area contributed by atoms with Gasteiger partial charge in [-0.05, 0) is 59.0 Å². The largest absolute Gasteiger partial charge is 0.357 e. The van der Waals surface area contributed by atoms with Crippen molar-refractivity contribution in [1.82, 2.24) is 15.5 Å². The molecule has 1 fully saturated rings. The third kappa shape index (κ3) is 6.12. The summed E-state index contributed by atoms with van der Waals surface area (Å²) in [6.45, 7) is 15.4. The number of rotatable bonds is 6. The quantitative estimate of drug-likeness (QED) is 0.581. The van der Waals surface area contributed by atoms with Gasteiger partial charge in [-0.1, -0.05) is 13.8 Å². The molecule has 1 heterocycles. The van der Waals surface area contributed by atoms with Crippen molar-refractivity contribution < 1.29 is 0 Å². The Hall–Kier alpha value is -0.770. The third-order valence-corrected chi connectivity index (χ3v) is 4.29. The first kappa shape index (κ1) is 17.3. The van der Waals surface area contributed by atoms with Crippen LogP contribution in [0, 0.1) is 5.92 Å². The van der Waals surface area contributed by atoms with Gasteiger partial charge >= 0.3 is 0 Å². The van der Waals surface area contributed by atoms with Gasteiger partial charge in [0.05, 0.1) is 6.54 Å². The zero-order valence-electron chi connectivity index (χ0n) is 14.1. The number of guanidine groups is 1. The molecule has 1 rings (SSSR count). The molecule has 2 atom stereocenters. The second kappa shape index (κ2) is 9.22. The topological polar surface area (TPSA) is 39.7 Å². The minimum Gasteiger partial charge on any atom is -0.357 e. The molecule has 2 unspecified atom stereocenters. The van der Waals surface area contributed by atoms with Crippen molar-refractivity contribution in [3.63, 3.8) is 0 Å². The Morgan fingerprint density at radius 1 is 1.25 bits per heavy atom. The van der Waals surface area contributed by atoms with E-state index in [9.17, 15) is 0 Å². The molecule has 0 radical (unpaired) electrons. The summed E-state index contributed by atoms with van der Waals surface area (Å²) >= 11 is 0. The Morgan fingerprint density at radius 2 is 1.90 bits per heavy atom. The number of hydrogen-bond acceptors (Lipinski definition) is 2. The second-order valence-corrected chi connectivity index (χ2v) is 6.24. The lowest BCUT2D eigenvalue weighted by atomic mass is 9.98. The average Bonchev–Trinajstić information content (AvgIpc) is 2.45. The van der Waals surface area contributed by atoms with Gasteiger partial charge in [-0.15, -0.1) is 0 Å². The van der Waals surface area contributed by atoms with Crippen LogP contribution >= 0.6 is 0 Å². The molecular formula is C16H34N4. The van der Waals surface area contributed by atoms with Crippen molar-refractivity contribution in [2.24, 2.45) is 10.9 Å². The maximum atomic E-state index is 4.75. The molecule has 0 bridgehead atoms. The molecule has 4 nitrogen and oxygen atoms in total. The Labute approximate surface area is 125 Å². The van der Waals surface area contributed by atoms with Crippen LogP contribution in [0.25, 0.3) is 0 Å². The van der Waals surface area contributed by atoms with Crippen LogP contribution in [0.3, 0.4) is 0 Å².